The Morgan fingerprint density at radius 2 is 0.729 bits per heavy atom. The van der Waals surface area contributed by atoms with Crippen molar-refractivity contribution in [1.82, 2.24) is 0 Å². The summed E-state index contributed by atoms with van der Waals surface area (Å²) in [6.45, 7) is 2.68. The van der Waals surface area contributed by atoms with E-state index < -0.39 is 23.7 Å². The maximum atomic E-state index is 10.6. The summed E-state index contributed by atoms with van der Waals surface area (Å²) in [6.07, 6.45) is -1.94. The van der Waals surface area contributed by atoms with Gasteiger partial charge in [-0.05, 0) is 155 Å². The van der Waals surface area contributed by atoms with Gasteiger partial charge in [-0.15, -0.1) is 35.3 Å². The number of halogens is 3. The van der Waals surface area contributed by atoms with Gasteiger partial charge in [-0.1, -0.05) is 59.6 Å². The molecule has 59 heavy (non-hydrogen) atoms. The Hall–Kier alpha value is -3.04. The highest BCUT2D eigenvalue weighted by atomic mass is 127. The van der Waals surface area contributed by atoms with E-state index in [1.165, 1.54) is 3.57 Å². The van der Waals surface area contributed by atoms with Gasteiger partial charge in [-0.3, -0.25) is 0 Å². The molecule has 0 amide bonds. The van der Waals surface area contributed by atoms with Crippen molar-refractivity contribution in [2.45, 2.75) is 45.3 Å². The van der Waals surface area contributed by atoms with Gasteiger partial charge in [0, 0.05) is 51.0 Å². The van der Waals surface area contributed by atoms with E-state index in [9.17, 15) is 15.3 Å². The number of aliphatic hydroxyl groups excluding tert-OH is 3. The lowest BCUT2D eigenvalue weighted by Gasteiger charge is -2.32. The Balaban J connectivity index is 1.11. The fourth-order valence-electron chi connectivity index (χ4n) is 6.04. The Morgan fingerprint density at radius 1 is 0.458 bits per heavy atom. The number of thioether (sulfide) groups is 3. The van der Waals surface area contributed by atoms with E-state index in [1.54, 1.807) is 35.3 Å². The van der Waals surface area contributed by atoms with E-state index in [1.807, 2.05) is 84.9 Å². The zero-order valence-corrected chi connectivity index (χ0v) is 38.4. The lowest BCUT2D eigenvalue weighted by molar-refractivity contribution is 0.126. The topological polar surface area (TPSA) is 88.4 Å². The summed E-state index contributed by atoms with van der Waals surface area (Å²) < 4.78 is 19.2. The van der Waals surface area contributed by atoms with Gasteiger partial charge < -0.3 is 29.5 Å². The Bertz CT molecular complexity index is 1910. The van der Waals surface area contributed by atoms with Crippen molar-refractivity contribution in [3.05, 3.63) is 176 Å². The van der Waals surface area contributed by atoms with Gasteiger partial charge in [0.15, 0.2) is 0 Å². The third kappa shape index (κ3) is 14.0. The minimum absolute atomic E-state index is 0.160. The average molecular weight is 1000 g/mol. The molecule has 0 aliphatic carbocycles. The van der Waals surface area contributed by atoms with Crippen LogP contribution in [-0.2, 0) is 5.41 Å². The first-order chi connectivity index (χ1) is 28.5. The summed E-state index contributed by atoms with van der Waals surface area (Å²) in [6, 6.07) is 47.2. The van der Waals surface area contributed by atoms with Gasteiger partial charge in [0.05, 0.1) is 18.3 Å². The molecule has 6 rings (SSSR count). The quantitative estimate of drug-likeness (QED) is 0.0371. The molecule has 0 aromatic heterocycles. The molecule has 0 saturated heterocycles. The number of rotatable bonds is 21. The molecule has 0 spiro atoms. The Kier molecular flexibility index (Phi) is 17.5. The summed E-state index contributed by atoms with van der Waals surface area (Å²) in [4.78, 5) is 3.17. The molecular formula is C47H45Cl2IO6S3. The van der Waals surface area contributed by atoms with Gasteiger partial charge >= 0.3 is 0 Å². The first kappa shape index (κ1) is 45.5. The molecule has 6 aromatic rings. The summed E-state index contributed by atoms with van der Waals surface area (Å²) in [5.41, 5.74) is 2.50. The highest BCUT2D eigenvalue weighted by Gasteiger charge is 2.31. The van der Waals surface area contributed by atoms with Crippen LogP contribution in [0.25, 0.3) is 0 Å². The molecule has 3 N–H and O–H groups in total. The SMILES string of the molecule is CC(c1ccc(OCC(O)CSc2ccc(Cl)cc2)cc1)(c1ccc(OCC(O)CSc2ccc(Cl)cc2)cc1)c1ccc(OCC(O)CSc2ccc(I)cc2)cc1. The van der Waals surface area contributed by atoms with Crippen molar-refractivity contribution < 1.29 is 29.5 Å². The maximum Gasteiger partial charge on any atom is 0.119 e. The van der Waals surface area contributed by atoms with Crippen LogP contribution in [0.4, 0.5) is 0 Å². The lowest BCUT2D eigenvalue weighted by atomic mass is 9.71. The normalized spacial score (nSPS) is 13.9. The first-order valence-electron chi connectivity index (χ1n) is 18.9. The Morgan fingerprint density at radius 3 is 1.02 bits per heavy atom. The second-order valence-corrected chi connectivity index (χ2v) is 19.3. The lowest BCUT2D eigenvalue weighted by Crippen LogP contribution is -2.25. The summed E-state index contributed by atoms with van der Waals surface area (Å²) >= 11 is 19.0. The minimum atomic E-state index is -0.654. The fourth-order valence-corrected chi connectivity index (χ4v) is 9.09. The van der Waals surface area contributed by atoms with Gasteiger partial charge in [-0.2, -0.15) is 0 Å². The molecule has 0 saturated carbocycles. The molecule has 3 unspecified atom stereocenters. The number of hydrogen-bond donors (Lipinski definition) is 3. The van der Waals surface area contributed by atoms with Crippen molar-refractivity contribution in [1.29, 1.82) is 0 Å². The second-order valence-electron chi connectivity index (χ2n) is 13.9. The molecule has 0 bridgehead atoms. The van der Waals surface area contributed by atoms with Crippen LogP contribution in [0.5, 0.6) is 17.2 Å². The predicted molar refractivity (Wildman–Crippen MR) is 254 cm³/mol. The molecule has 6 nitrogen and oxygen atoms in total. The van der Waals surface area contributed by atoms with Crippen molar-refractivity contribution in [3.8, 4) is 17.2 Å². The van der Waals surface area contributed by atoms with Crippen molar-refractivity contribution in [2.75, 3.05) is 37.1 Å². The fraction of sp³-hybridized carbons (Fsp3) is 0.234. The maximum absolute atomic E-state index is 10.6. The molecule has 0 aliphatic rings. The molecule has 0 aliphatic heterocycles. The molecule has 12 heteroatoms. The number of ether oxygens (including phenoxy) is 3. The summed E-state index contributed by atoms with van der Waals surface area (Å²) in [5, 5.41) is 33.3. The first-order valence-corrected chi connectivity index (χ1v) is 23.7. The van der Waals surface area contributed by atoms with E-state index in [2.05, 4.69) is 90.2 Å². The zero-order chi connectivity index (χ0) is 41.6. The summed E-state index contributed by atoms with van der Waals surface area (Å²) in [5.74, 6) is 3.49. The molecule has 3 atom stereocenters. The zero-order valence-electron chi connectivity index (χ0n) is 32.3. The molecular weight excluding hydrogens is 955 g/mol. The van der Waals surface area contributed by atoms with Gasteiger partial charge in [0.25, 0.3) is 0 Å². The van der Waals surface area contributed by atoms with Crippen molar-refractivity contribution in [2.24, 2.45) is 0 Å². The van der Waals surface area contributed by atoms with Crippen LogP contribution in [0.2, 0.25) is 10.0 Å². The molecule has 6 aromatic carbocycles. The highest BCUT2D eigenvalue weighted by molar-refractivity contribution is 14.1. The van der Waals surface area contributed by atoms with Crippen LogP contribution in [0.1, 0.15) is 23.6 Å². The van der Waals surface area contributed by atoms with Crippen LogP contribution >= 0.6 is 81.1 Å². The van der Waals surface area contributed by atoms with E-state index in [-0.39, 0.29) is 19.8 Å². The monoisotopic (exact) mass is 998 g/mol. The van der Waals surface area contributed by atoms with Gasteiger partial charge in [0.2, 0.25) is 0 Å². The molecule has 0 radical (unpaired) electrons. The largest absolute Gasteiger partial charge is 0.491 e. The second kappa shape index (κ2) is 22.7. The highest BCUT2D eigenvalue weighted by Crippen LogP contribution is 2.41. The standard InChI is InChI=1S/C47H45Cl2IO6S3/c1-47(32-2-14-41(15-3-32)54-26-38(51)29-57-44-20-8-35(48)9-21-44,33-4-16-42(17-5-33)55-27-39(52)30-58-45-22-10-36(49)11-23-45)34-6-18-43(19-7-34)56-28-40(53)31-59-46-24-12-37(50)13-25-46/h2-25,38-40,51-53H,26-31H2,1H3. The summed E-state index contributed by atoms with van der Waals surface area (Å²) in [7, 11) is 0. The van der Waals surface area contributed by atoms with Crippen LogP contribution in [0.15, 0.2) is 160 Å². The number of aliphatic hydroxyl groups is 3. The Labute approximate surface area is 383 Å². The van der Waals surface area contributed by atoms with Crippen LogP contribution in [-0.4, -0.2) is 70.7 Å². The van der Waals surface area contributed by atoms with Crippen molar-refractivity contribution >= 4 is 81.1 Å². The molecule has 0 fully saturated rings. The average Bonchev–Trinajstić information content (AvgIpc) is 3.26. The van der Waals surface area contributed by atoms with Gasteiger partial charge in [-0.25, -0.2) is 0 Å². The smallest absolute Gasteiger partial charge is 0.119 e. The van der Waals surface area contributed by atoms with E-state index in [4.69, 9.17) is 37.4 Å². The van der Waals surface area contributed by atoms with E-state index in [0.29, 0.717) is 44.6 Å². The molecule has 0 heterocycles. The third-order valence-electron chi connectivity index (χ3n) is 9.39. The van der Waals surface area contributed by atoms with E-state index >= 15 is 0 Å². The van der Waals surface area contributed by atoms with Crippen LogP contribution in [0.3, 0.4) is 0 Å². The van der Waals surface area contributed by atoms with Crippen LogP contribution in [0, 0.1) is 3.57 Å². The molecule has 308 valence electrons. The van der Waals surface area contributed by atoms with Gasteiger partial charge in [0.1, 0.15) is 37.1 Å². The van der Waals surface area contributed by atoms with Crippen molar-refractivity contribution in [3.63, 3.8) is 0 Å². The number of benzene rings is 6. The van der Waals surface area contributed by atoms with E-state index in [0.717, 1.165) is 31.4 Å². The minimum Gasteiger partial charge on any atom is -0.491 e. The predicted octanol–water partition coefficient (Wildman–Crippen LogP) is 11.5. The number of hydrogen-bond acceptors (Lipinski definition) is 9. The van der Waals surface area contributed by atoms with Crippen LogP contribution < -0.4 is 14.2 Å². The third-order valence-corrected chi connectivity index (χ3v) is 14.1.